The van der Waals surface area contributed by atoms with Crippen LogP contribution >= 0.6 is 11.6 Å². The summed E-state index contributed by atoms with van der Waals surface area (Å²) in [7, 11) is 0. The molecule has 0 amide bonds. The van der Waals surface area contributed by atoms with Crippen molar-refractivity contribution in [3.63, 3.8) is 0 Å². The highest BCUT2D eigenvalue weighted by Crippen LogP contribution is 2.21. The van der Waals surface area contributed by atoms with Crippen molar-refractivity contribution in [2.24, 2.45) is 5.10 Å². The van der Waals surface area contributed by atoms with Gasteiger partial charge in [0.05, 0.1) is 6.21 Å². The van der Waals surface area contributed by atoms with Gasteiger partial charge in [-0.2, -0.15) is 5.10 Å². The van der Waals surface area contributed by atoms with Gasteiger partial charge in [0, 0.05) is 0 Å². The lowest BCUT2D eigenvalue weighted by Crippen LogP contribution is -2.10. The lowest BCUT2D eigenvalue weighted by atomic mass is 9.87. The Hall–Kier alpha value is -1.94. The number of hydrogen-bond acceptors (Lipinski definition) is 4. The van der Waals surface area contributed by atoms with Gasteiger partial charge >= 0.3 is 0 Å². The van der Waals surface area contributed by atoms with Crippen LogP contribution in [0.3, 0.4) is 0 Å². The molecule has 1 N–H and O–H groups in total. The van der Waals surface area contributed by atoms with Crippen molar-refractivity contribution in [3.05, 3.63) is 52.7 Å². The topological polar surface area (TPSA) is 50.2 Å². The van der Waals surface area contributed by atoms with Gasteiger partial charge < -0.3 is 0 Å². The molecule has 104 valence electrons. The first-order valence-corrected chi connectivity index (χ1v) is 6.72. The first kappa shape index (κ1) is 14.5. The fourth-order valence-electron chi connectivity index (χ4n) is 1.62. The highest BCUT2D eigenvalue weighted by Gasteiger charge is 2.12. The van der Waals surface area contributed by atoms with Crippen LogP contribution in [0.15, 0.2) is 41.5 Å². The Labute approximate surface area is 123 Å². The fraction of sp³-hybridized carbons (Fsp3) is 0.267. The van der Waals surface area contributed by atoms with E-state index in [4.69, 9.17) is 11.6 Å². The molecular formula is C15H17ClN4. The number of aromatic nitrogens is 2. The minimum atomic E-state index is 0.160. The molecule has 0 saturated heterocycles. The molecule has 2 rings (SSSR count). The van der Waals surface area contributed by atoms with Crippen molar-refractivity contribution in [1.82, 2.24) is 10.2 Å². The van der Waals surface area contributed by atoms with Crippen molar-refractivity contribution in [2.75, 3.05) is 5.43 Å². The summed E-state index contributed by atoms with van der Waals surface area (Å²) >= 11 is 5.65. The molecule has 0 radical (unpaired) electrons. The van der Waals surface area contributed by atoms with Crippen LogP contribution in [0.1, 0.15) is 31.9 Å². The monoisotopic (exact) mass is 288 g/mol. The summed E-state index contributed by atoms with van der Waals surface area (Å²) in [6.07, 6.45) is 1.74. The third kappa shape index (κ3) is 4.03. The average Bonchev–Trinajstić information content (AvgIpc) is 2.41. The van der Waals surface area contributed by atoms with Gasteiger partial charge in [-0.3, -0.25) is 5.43 Å². The number of anilines is 1. The van der Waals surface area contributed by atoms with E-state index in [1.165, 1.54) is 5.56 Å². The SMILES string of the molecule is CC(C)(C)c1ccc(/C=N/Nc2ccc(Cl)nn2)cc1. The maximum absolute atomic E-state index is 5.65. The number of halogens is 1. The molecule has 0 spiro atoms. The zero-order chi connectivity index (χ0) is 14.6. The number of rotatable bonds is 3. The summed E-state index contributed by atoms with van der Waals surface area (Å²) in [5.74, 6) is 0.553. The zero-order valence-electron chi connectivity index (χ0n) is 11.8. The van der Waals surface area contributed by atoms with Crippen molar-refractivity contribution >= 4 is 23.6 Å². The number of nitrogens with one attached hydrogen (secondary N) is 1. The second kappa shape index (κ2) is 6.01. The van der Waals surface area contributed by atoms with Crippen molar-refractivity contribution in [1.29, 1.82) is 0 Å². The molecule has 0 saturated carbocycles. The molecule has 20 heavy (non-hydrogen) atoms. The maximum Gasteiger partial charge on any atom is 0.168 e. The van der Waals surface area contributed by atoms with E-state index >= 15 is 0 Å². The summed E-state index contributed by atoms with van der Waals surface area (Å²) < 4.78 is 0. The van der Waals surface area contributed by atoms with Gasteiger partial charge in [0.25, 0.3) is 0 Å². The number of hydrogen-bond donors (Lipinski definition) is 1. The molecule has 2 aromatic rings. The third-order valence-electron chi connectivity index (χ3n) is 2.80. The highest BCUT2D eigenvalue weighted by molar-refractivity contribution is 6.29. The molecule has 1 heterocycles. The van der Waals surface area contributed by atoms with Crippen LogP contribution < -0.4 is 5.43 Å². The van der Waals surface area contributed by atoms with Gasteiger partial charge in [0.1, 0.15) is 0 Å². The summed E-state index contributed by atoms with van der Waals surface area (Å²) in [5.41, 5.74) is 5.28. The molecule has 0 atom stereocenters. The lowest BCUT2D eigenvalue weighted by molar-refractivity contribution is 0.590. The van der Waals surface area contributed by atoms with Crippen LogP contribution in [-0.2, 0) is 5.41 Å². The van der Waals surface area contributed by atoms with Gasteiger partial charge in [-0.1, -0.05) is 56.6 Å². The fourth-order valence-corrected chi connectivity index (χ4v) is 1.72. The normalized spacial score (nSPS) is 11.8. The Morgan fingerprint density at radius 2 is 1.75 bits per heavy atom. The largest absolute Gasteiger partial charge is 0.260 e. The van der Waals surface area contributed by atoms with Crippen LogP contribution in [0.5, 0.6) is 0 Å². The van der Waals surface area contributed by atoms with Crippen LogP contribution in [0, 0.1) is 0 Å². The second-order valence-corrected chi connectivity index (χ2v) is 5.87. The maximum atomic E-state index is 5.65. The summed E-state index contributed by atoms with van der Waals surface area (Å²) in [5, 5.41) is 12.0. The summed E-state index contributed by atoms with van der Waals surface area (Å²) in [4.78, 5) is 0. The Balaban J connectivity index is 1.99. The minimum absolute atomic E-state index is 0.160. The smallest absolute Gasteiger partial charge is 0.168 e. The second-order valence-electron chi connectivity index (χ2n) is 5.48. The molecule has 0 fully saturated rings. The van der Waals surface area contributed by atoms with Crippen molar-refractivity contribution < 1.29 is 0 Å². The predicted molar refractivity (Wildman–Crippen MR) is 83.4 cm³/mol. The molecule has 5 heteroatoms. The average molecular weight is 289 g/mol. The van der Waals surface area contributed by atoms with Crippen LogP contribution in [0.25, 0.3) is 0 Å². The van der Waals surface area contributed by atoms with Crippen molar-refractivity contribution in [3.8, 4) is 0 Å². The summed E-state index contributed by atoms with van der Waals surface area (Å²) in [6, 6.07) is 11.7. The molecule has 1 aromatic heterocycles. The van der Waals surface area contributed by atoms with Crippen LogP contribution in [0.2, 0.25) is 5.15 Å². The molecule has 0 aliphatic rings. The minimum Gasteiger partial charge on any atom is -0.260 e. The van der Waals surface area contributed by atoms with Crippen LogP contribution in [-0.4, -0.2) is 16.4 Å². The Morgan fingerprint density at radius 3 is 2.30 bits per heavy atom. The molecule has 4 nitrogen and oxygen atoms in total. The van der Waals surface area contributed by atoms with E-state index in [0.29, 0.717) is 11.0 Å². The van der Waals surface area contributed by atoms with Gasteiger partial charge in [-0.15, -0.1) is 10.2 Å². The van der Waals surface area contributed by atoms with E-state index in [2.05, 4.69) is 53.6 Å². The van der Waals surface area contributed by atoms with Gasteiger partial charge in [0.15, 0.2) is 11.0 Å². The van der Waals surface area contributed by atoms with Gasteiger partial charge in [-0.25, -0.2) is 0 Å². The Kier molecular flexibility index (Phi) is 4.35. The molecule has 0 unspecified atom stereocenters. The number of hydrazone groups is 1. The van der Waals surface area contributed by atoms with E-state index in [1.54, 1.807) is 18.3 Å². The first-order valence-electron chi connectivity index (χ1n) is 6.34. The van der Waals surface area contributed by atoms with Crippen LogP contribution in [0.4, 0.5) is 5.82 Å². The Bertz CT molecular complexity index is 583. The van der Waals surface area contributed by atoms with Gasteiger partial charge in [-0.05, 0) is 28.7 Å². The first-order chi connectivity index (χ1) is 9.45. The van der Waals surface area contributed by atoms with E-state index in [-0.39, 0.29) is 5.41 Å². The standard InChI is InChI=1S/C15H17ClN4/c1-15(2,3)12-6-4-11(5-7-12)10-17-19-14-9-8-13(16)18-20-14/h4-10H,1-3H3,(H,19,20)/b17-10+. The van der Waals surface area contributed by atoms with E-state index in [0.717, 1.165) is 5.56 Å². The molecular weight excluding hydrogens is 272 g/mol. The molecule has 0 aliphatic carbocycles. The van der Waals surface area contributed by atoms with E-state index < -0.39 is 0 Å². The Morgan fingerprint density at radius 1 is 1.05 bits per heavy atom. The predicted octanol–water partition coefficient (Wildman–Crippen LogP) is 3.87. The van der Waals surface area contributed by atoms with Crippen molar-refractivity contribution in [2.45, 2.75) is 26.2 Å². The van der Waals surface area contributed by atoms with E-state index in [1.807, 2.05) is 12.1 Å². The number of nitrogens with zero attached hydrogens (tertiary/aromatic N) is 3. The molecule has 0 bridgehead atoms. The lowest BCUT2D eigenvalue weighted by Gasteiger charge is -2.18. The highest BCUT2D eigenvalue weighted by atomic mass is 35.5. The quantitative estimate of drug-likeness (QED) is 0.689. The summed E-state index contributed by atoms with van der Waals surface area (Å²) in [6.45, 7) is 6.57. The number of benzene rings is 1. The molecule has 1 aromatic carbocycles. The third-order valence-corrected chi connectivity index (χ3v) is 3.00. The zero-order valence-corrected chi connectivity index (χ0v) is 12.5. The van der Waals surface area contributed by atoms with Gasteiger partial charge in [0.2, 0.25) is 0 Å². The van der Waals surface area contributed by atoms with E-state index in [9.17, 15) is 0 Å². The molecule has 0 aliphatic heterocycles.